The van der Waals surface area contributed by atoms with Crippen molar-refractivity contribution in [1.82, 2.24) is 5.32 Å². The van der Waals surface area contributed by atoms with Crippen LogP contribution >= 0.6 is 22.7 Å². The predicted octanol–water partition coefficient (Wildman–Crippen LogP) is 4.08. The number of hydrogen-bond acceptors (Lipinski definition) is 3. The fraction of sp³-hybridized carbons (Fsp3) is 0.308. The topological polar surface area (TPSA) is 29.1 Å². The summed E-state index contributed by atoms with van der Waals surface area (Å²) in [5, 5.41) is 7.08. The van der Waals surface area contributed by atoms with Crippen LogP contribution in [-0.4, -0.2) is 5.91 Å². The SMILES string of the molecule is CCCC(NC(=O)c1cccs1)c1cccs1. The summed E-state index contributed by atoms with van der Waals surface area (Å²) in [6.45, 7) is 2.14. The van der Waals surface area contributed by atoms with Gasteiger partial charge in [-0.05, 0) is 29.3 Å². The van der Waals surface area contributed by atoms with Gasteiger partial charge in [-0.2, -0.15) is 0 Å². The van der Waals surface area contributed by atoms with Gasteiger partial charge in [-0.1, -0.05) is 25.5 Å². The molecule has 1 atom stereocenters. The van der Waals surface area contributed by atoms with Gasteiger partial charge < -0.3 is 5.32 Å². The predicted molar refractivity (Wildman–Crippen MR) is 73.8 cm³/mol. The number of amides is 1. The van der Waals surface area contributed by atoms with Gasteiger partial charge in [0.05, 0.1) is 10.9 Å². The molecule has 0 aliphatic rings. The molecule has 4 heteroatoms. The van der Waals surface area contributed by atoms with Gasteiger partial charge in [0.15, 0.2) is 0 Å². The van der Waals surface area contributed by atoms with Gasteiger partial charge in [0.2, 0.25) is 0 Å². The highest BCUT2D eigenvalue weighted by atomic mass is 32.1. The van der Waals surface area contributed by atoms with E-state index in [1.807, 2.05) is 23.6 Å². The van der Waals surface area contributed by atoms with Crippen molar-refractivity contribution in [3.8, 4) is 0 Å². The van der Waals surface area contributed by atoms with Gasteiger partial charge in [-0.3, -0.25) is 4.79 Å². The molecule has 0 aliphatic carbocycles. The minimum atomic E-state index is 0.0341. The Balaban J connectivity index is 2.06. The first-order chi connectivity index (χ1) is 8.31. The lowest BCUT2D eigenvalue weighted by atomic mass is 10.1. The van der Waals surface area contributed by atoms with E-state index < -0.39 is 0 Å². The lowest BCUT2D eigenvalue weighted by molar-refractivity contribution is 0.0939. The minimum Gasteiger partial charge on any atom is -0.344 e. The van der Waals surface area contributed by atoms with Crippen LogP contribution in [0.5, 0.6) is 0 Å². The van der Waals surface area contributed by atoms with Crippen molar-refractivity contribution in [3.05, 3.63) is 44.8 Å². The standard InChI is InChI=1S/C13H15NOS2/c1-2-5-10(11-6-3-8-16-11)14-13(15)12-7-4-9-17-12/h3-4,6-10H,2,5H2,1H3,(H,14,15). The third kappa shape index (κ3) is 3.17. The van der Waals surface area contributed by atoms with Crippen LogP contribution < -0.4 is 5.32 Å². The molecule has 1 amide bonds. The van der Waals surface area contributed by atoms with Crippen molar-refractivity contribution < 1.29 is 4.79 Å². The summed E-state index contributed by atoms with van der Waals surface area (Å²) in [5.74, 6) is 0.0341. The molecule has 2 heterocycles. The number of carbonyl (C=O) groups is 1. The first kappa shape index (κ1) is 12.3. The van der Waals surface area contributed by atoms with E-state index in [2.05, 4.69) is 23.7 Å². The maximum absolute atomic E-state index is 12.0. The van der Waals surface area contributed by atoms with Crippen LogP contribution in [0.4, 0.5) is 0 Å². The summed E-state index contributed by atoms with van der Waals surface area (Å²) in [7, 11) is 0. The number of hydrogen-bond donors (Lipinski definition) is 1. The van der Waals surface area contributed by atoms with Crippen molar-refractivity contribution in [2.24, 2.45) is 0 Å². The third-order valence-corrected chi connectivity index (χ3v) is 4.37. The monoisotopic (exact) mass is 265 g/mol. The Bertz CT molecular complexity index is 448. The van der Waals surface area contributed by atoms with Gasteiger partial charge in [-0.15, -0.1) is 22.7 Å². The van der Waals surface area contributed by atoms with E-state index in [0.29, 0.717) is 0 Å². The molecule has 0 bridgehead atoms. The van der Waals surface area contributed by atoms with Crippen LogP contribution in [0.1, 0.15) is 40.4 Å². The molecule has 90 valence electrons. The molecule has 0 saturated carbocycles. The molecular weight excluding hydrogens is 250 g/mol. The van der Waals surface area contributed by atoms with Crippen molar-refractivity contribution in [3.63, 3.8) is 0 Å². The molecule has 2 nitrogen and oxygen atoms in total. The van der Waals surface area contributed by atoms with Crippen LogP contribution in [0.15, 0.2) is 35.0 Å². The average molecular weight is 265 g/mol. The summed E-state index contributed by atoms with van der Waals surface area (Å²) in [4.78, 5) is 14.0. The van der Waals surface area contributed by atoms with E-state index in [9.17, 15) is 4.79 Å². The van der Waals surface area contributed by atoms with Crippen molar-refractivity contribution in [2.45, 2.75) is 25.8 Å². The molecule has 2 aromatic rings. The third-order valence-electron chi connectivity index (χ3n) is 2.51. The molecule has 0 aliphatic heterocycles. The second-order valence-electron chi connectivity index (χ2n) is 3.81. The summed E-state index contributed by atoms with van der Waals surface area (Å²) in [6.07, 6.45) is 2.05. The first-order valence-electron chi connectivity index (χ1n) is 5.69. The van der Waals surface area contributed by atoms with Gasteiger partial charge in [-0.25, -0.2) is 0 Å². The highest BCUT2D eigenvalue weighted by Gasteiger charge is 2.16. The van der Waals surface area contributed by atoms with Crippen LogP contribution in [0.25, 0.3) is 0 Å². The maximum Gasteiger partial charge on any atom is 0.261 e. The van der Waals surface area contributed by atoms with Gasteiger partial charge in [0.25, 0.3) is 5.91 Å². The van der Waals surface area contributed by atoms with E-state index in [1.165, 1.54) is 16.2 Å². The molecule has 0 saturated heterocycles. The summed E-state index contributed by atoms with van der Waals surface area (Å²) < 4.78 is 0. The largest absolute Gasteiger partial charge is 0.344 e. The van der Waals surface area contributed by atoms with Crippen LogP contribution in [0.2, 0.25) is 0 Å². The normalized spacial score (nSPS) is 12.3. The molecule has 0 radical (unpaired) electrons. The molecule has 0 spiro atoms. The fourth-order valence-electron chi connectivity index (χ4n) is 1.70. The Kier molecular flexibility index (Phi) is 4.34. The van der Waals surface area contributed by atoms with E-state index in [-0.39, 0.29) is 11.9 Å². The number of rotatable bonds is 5. The average Bonchev–Trinajstić information content (AvgIpc) is 3.01. The fourth-order valence-corrected chi connectivity index (χ4v) is 3.14. The van der Waals surface area contributed by atoms with Crippen molar-refractivity contribution in [1.29, 1.82) is 0 Å². The Morgan fingerprint density at radius 1 is 1.29 bits per heavy atom. The summed E-state index contributed by atoms with van der Waals surface area (Å²) >= 11 is 3.18. The molecule has 2 aromatic heterocycles. The molecule has 0 aromatic carbocycles. The first-order valence-corrected chi connectivity index (χ1v) is 7.45. The van der Waals surface area contributed by atoms with Crippen molar-refractivity contribution >= 4 is 28.6 Å². The Morgan fingerprint density at radius 2 is 2.06 bits per heavy atom. The van der Waals surface area contributed by atoms with E-state index in [0.717, 1.165) is 17.7 Å². The summed E-state index contributed by atoms with van der Waals surface area (Å²) in [5.41, 5.74) is 0. The van der Waals surface area contributed by atoms with Crippen LogP contribution in [0.3, 0.4) is 0 Å². The van der Waals surface area contributed by atoms with E-state index in [1.54, 1.807) is 11.3 Å². The highest BCUT2D eigenvalue weighted by molar-refractivity contribution is 7.12. The quantitative estimate of drug-likeness (QED) is 0.867. The van der Waals surface area contributed by atoms with Gasteiger partial charge >= 0.3 is 0 Å². The van der Waals surface area contributed by atoms with Crippen LogP contribution in [0, 0.1) is 0 Å². The molecule has 1 N–H and O–H groups in total. The zero-order valence-corrected chi connectivity index (χ0v) is 11.3. The maximum atomic E-state index is 12.0. The van der Waals surface area contributed by atoms with Gasteiger partial charge in [0.1, 0.15) is 0 Å². The number of carbonyl (C=O) groups excluding carboxylic acids is 1. The molecule has 0 fully saturated rings. The van der Waals surface area contributed by atoms with Crippen molar-refractivity contribution in [2.75, 3.05) is 0 Å². The summed E-state index contributed by atoms with van der Waals surface area (Å²) in [6, 6.07) is 8.02. The van der Waals surface area contributed by atoms with Crippen LogP contribution in [-0.2, 0) is 0 Å². The smallest absolute Gasteiger partial charge is 0.261 e. The van der Waals surface area contributed by atoms with Gasteiger partial charge in [0, 0.05) is 4.88 Å². The molecule has 17 heavy (non-hydrogen) atoms. The Labute approximate surface area is 109 Å². The van der Waals surface area contributed by atoms with E-state index in [4.69, 9.17) is 0 Å². The second-order valence-corrected chi connectivity index (χ2v) is 5.73. The molecule has 1 unspecified atom stereocenters. The molecule has 2 rings (SSSR count). The highest BCUT2D eigenvalue weighted by Crippen LogP contribution is 2.24. The number of thiophene rings is 2. The zero-order chi connectivity index (χ0) is 12.1. The number of nitrogens with one attached hydrogen (secondary N) is 1. The lowest BCUT2D eigenvalue weighted by Crippen LogP contribution is -2.27. The Hall–Kier alpha value is -1.13. The zero-order valence-electron chi connectivity index (χ0n) is 9.68. The Morgan fingerprint density at radius 3 is 2.65 bits per heavy atom. The molecular formula is C13H15NOS2. The minimum absolute atomic E-state index is 0.0341. The lowest BCUT2D eigenvalue weighted by Gasteiger charge is -2.16. The second kappa shape index (κ2) is 5.98. The van der Waals surface area contributed by atoms with E-state index >= 15 is 0 Å².